The van der Waals surface area contributed by atoms with E-state index in [-0.39, 0.29) is 6.10 Å². The maximum atomic E-state index is 10.0. The van der Waals surface area contributed by atoms with Gasteiger partial charge >= 0.3 is 0 Å². The summed E-state index contributed by atoms with van der Waals surface area (Å²) in [4.78, 5) is 0. The van der Waals surface area contributed by atoms with E-state index in [4.69, 9.17) is 0 Å². The minimum atomic E-state index is -0.00116. The quantitative estimate of drug-likeness (QED) is 0.543. The number of hydrogen-bond acceptors (Lipinski definition) is 1. The summed E-state index contributed by atoms with van der Waals surface area (Å²) in [6, 6.07) is 0. The van der Waals surface area contributed by atoms with Crippen LogP contribution in [0, 0.1) is 23.7 Å². The fourth-order valence-corrected chi connectivity index (χ4v) is 3.86. The van der Waals surface area contributed by atoms with Gasteiger partial charge in [-0.2, -0.15) is 0 Å². The predicted octanol–water partition coefficient (Wildman–Crippen LogP) is 1.97. The lowest BCUT2D eigenvalue weighted by Gasteiger charge is -2.31. The van der Waals surface area contributed by atoms with Crippen molar-refractivity contribution in [1.29, 1.82) is 0 Å². The molecule has 3 aliphatic rings. The van der Waals surface area contributed by atoms with Gasteiger partial charge in [0.05, 0.1) is 6.10 Å². The third kappa shape index (κ3) is 0.731. The molecule has 0 heterocycles. The molecule has 12 heavy (non-hydrogen) atoms. The molecule has 0 amide bonds. The molecule has 1 N–H and O–H groups in total. The van der Waals surface area contributed by atoms with E-state index in [9.17, 15) is 5.11 Å². The van der Waals surface area contributed by atoms with Crippen LogP contribution in [-0.4, -0.2) is 11.2 Å². The molecule has 0 aromatic heterocycles. The number of aliphatic hydroxyl groups excluding tert-OH is 1. The summed E-state index contributed by atoms with van der Waals surface area (Å²) in [7, 11) is 0. The fraction of sp³-hybridized carbons (Fsp3) is 0.818. The maximum Gasteiger partial charge on any atom is 0.0636 e. The zero-order valence-corrected chi connectivity index (χ0v) is 7.53. The molecule has 3 aliphatic carbocycles. The van der Waals surface area contributed by atoms with Crippen molar-refractivity contribution >= 4 is 0 Å². The number of aliphatic hydroxyl groups is 1. The molecule has 0 aromatic carbocycles. The van der Waals surface area contributed by atoms with E-state index in [1.165, 1.54) is 24.8 Å². The Hall–Kier alpha value is -0.300. The van der Waals surface area contributed by atoms with Crippen LogP contribution in [-0.2, 0) is 0 Å². The van der Waals surface area contributed by atoms with Gasteiger partial charge in [-0.25, -0.2) is 0 Å². The second-order valence-corrected chi connectivity index (χ2v) is 4.91. The molecule has 3 rings (SSSR count). The smallest absolute Gasteiger partial charge is 0.0636 e. The van der Waals surface area contributed by atoms with E-state index < -0.39 is 0 Å². The first-order valence-corrected chi connectivity index (χ1v) is 5.12. The van der Waals surface area contributed by atoms with Crippen molar-refractivity contribution < 1.29 is 5.11 Å². The largest absolute Gasteiger partial charge is 0.392 e. The van der Waals surface area contributed by atoms with Gasteiger partial charge in [-0.15, -0.1) is 0 Å². The third-order valence-electron chi connectivity index (χ3n) is 4.20. The summed E-state index contributed by atoms with van der Waals surface area (Å²) in [5.41, 5.74) is 1.48. The van der Waals surface area contributed by atoms with Crippen LogP contribution < -0.4 is 0 Å². The Bertz CT molecular complexity index is 241. The highest BCUT2D eigenvalue weighted by molar-refractivity contribution is 5.20. The highest BCUT2D eigenvalue weighted by atomic mass is 16.3. The predicted molar refractivity (Wildman–Crippen MR) is 47.6 cm³/mol. The van der Waals surface area contributed by atoms with Crippen molar-refractivity contribution in [2.75, 3.05) is 0 Å². The zero-order valence-electron chi connectivity index (χ0n) is 7.53. The Kier molecular flexibility index (Phi) is 1.27. The Labute approximate surface area is 73.5 Å². The molecule has 0 aliphatic heterocycles. The number of fused-ring (bicyclic) bond motifs is 2. The molecule has 1 heteroatoms. The lowest BCUT2D eigenvalue weighted by atomic mass is 9.73. The van der Waals surface area contributed by atoms with Gasteiger partial charge < -0.3 is 5.11 Å². The molecule has 3 bridgehead atoms. The first-order valence-electron chi connectivity index (χ1n) is 5.12. The first kappa shape index (κ1) is 7.14. The normalized spacial score (nSPS) is 55.8. The molecule has 2 saturated carbocycles. The van der Waals surface area contributed by atoms with Crippen LogP contribution in [0.1, 0.15) is 26.2 Å². The van der Waals surface area contributed by atoms with Crippen LogP contribution in [0.3, 0.4) is 0 Å². The summed E-state index contributed by atoms with van der Waals surface area (Å²) in [5, 5.41) is 10.0. The Balaban J connectivity index is 2.07. The molecule has 0 spiro atoms. The lowest BCUT2D eigenvalue weighted by Crippen LogP contribution is -2.23. The van der Waals surface area contributed by atoms with E-state index in [1.807, 2.05) is 0 Å². The Morgan fingerprint density at radius 1 is 1.25 bits per heavy atom. The first-order chi connectivity index (χ1) is 5.75. The van der Waals surface area contributed by atoms with Crippen LogP contribution in [0.5, 0.6) is 0 Å². The van der Waals surface area contributed by atoms with E-state index in [0.717, 1.165) is 11.8 Å². The van der Waals surface area contributed by atoms with Gasteiger partial charge in [-0.05, 0) is 43.9 Å². The summed E-state index contributed by atoms with van der Waals surface area (Å²) < 4.78 is 0. The van der Waals surface area contributed by atoms with Crippen molar-refractivity contribution in [2.24, 2.45) is 23.7 Å². The van der Waals surface area contributed by atoms with E-state index >= 15 is 0 Å². The number of hydrogen-bond donors (Lipinski definition) is 1. The van der Waals surface area contributed by atoms with Crippen LogP contribution in [0.15, 0.2) is 11.6 Å². The van der Waals surface area contributed by atoms with Crippen molar-refractivity contribution in [3.05, 3.63) is 11.6 Å². The molecule has 0 saturated heterocycles. The highest BCUT2D eigenvalue weighted by Crippen LogP contribution is 2.54. The average Bonchev–Trinajstić information content (AvgIpc) is 2.18. The van der Waals surface area contributed by atoms with Crippen molar-refractivity contribution in [1.82, 2.24) is 0 Å². The van der Waals surface area contributed by atoms with Crippen LogP contribution in [0.4, 0.5) is 0 Å². The molecule has 1 nitrogen and oxygen atoms in total. The summed E-state index contributed by atoms with van der Waals surface area (Å²) in [6.07, 6.45) is 6.33. The van der Waals surface area contributed by atoms with Gasteiger partial charge in [-0.1, -0.05) is 11.6 Å². The van der Waals surface area contributed by atoms with Crippen LogP contribution >= 0.6 is 0 Å². The maximum absolute atomic E-state index is 10.0. The third-order valence-corrected chi connectivity index (χ3v) is 4.20. The number of rotatable bonds is 0. The van der Waals surface area contributed by atoms with Crippen molar-refractivity contribution in [3.63, 3.8) is 0 Å². The van der Waals surface area contributed by atoms with Gasteiger partial charge in [0.25, 0.3) is 0 Å². The lowest BCUT2D eigenvalue weighted by molar-refractivity contribution is 0.103. The molecule has 0 radical (unpaired) electrons. The molecular weight excluding hydrogens is 148 g/mol. The van der Waals surface area contributed by atoms with E-state index in [1.54, 1.807) is 0 Å². The second-order valence-electron chi connectivity index (χ2n) is 4.91. The fourth-order valence-electron chi connectivity index (χ4n) is 3.86. The van der Waals surface area contributed by atoms with E-state index in [2.05, 4.69) is 13.0 Å². The van der Waals surface area contributed by atoms with Gasteiger partial charge in [0, 0.05) is 5.92 Å². The summed E-state index contributed by atoms with van der Waals surface area (Å²) >= 11 is 0. The zero-order chi connectivity index (χ0) is 8.29. The van der Waals surface area contributed by atoms with Crippen molar-refractivity contribution in [2.45, 2.75) is 32.3 Å². The summed E-state index contributed by atoms with van der Waals surface area (Å²) in [5.74, 6) is 2.80. The summed E-state index contributed by atoms with van der Waals surface area (Å²) in [6.45, 7) is 2.21. The second kappa shape index (κ2) is 2.14. The van der Waals surface area contributed by atoms with Gasteiger partial charge in [-0.3, -0.25) is 0 Å². The molecule has 5 atom stereocenters. The standard InChI is InChI=1S/C11H16O/c1-6-2-7-3-8-5-9(4-7)11(12)10(6)8/h2,7-12H,3-5H2,1H3. The monoisotopic (exact) mass is 164 g/mol. The Morgan fingerprint density at radius 3 is 2.83 bits per heavy atom. The SMILES string of the molecule is CC1=CC2CC3CC(C2)C1C3O. The minimum absolute atomic E-state index is 0.00116. The molecule has 5 unspecified atom stereocenters. The topological polar surface area (TPSA) is 20.2 Å². The molecule has 2 fully saturated rings. The number of allylic oxidation sites excluding steroid dienone is 1. The van der Waals surface area contributed by atoms with Gasteiger partial charge in [0.1, 0.15) is 0 Å². The van der Waals surface area contributed by atoms with E-state index in [0.29, 0.717) is 11.8 Å². The highest BCUT2D eigenvalue weighted by Gasteiger charge is 2.49. The van der Waals surface area contributed by atoms with Crippen molar-refractivity contribution in [3.8, 4) is 0 Å². The molecule has 0 aromatic rings. The van der Waals surface area contributed by atoms with Crippen LogP contribution in [0.2, 0.25) is 0 Å². The van der Waals surface area contributed by atoms with Gasteiger partial charge in [0.15, 0.2) is 0 Å². The van der Waals surface area contributed by atoms with Gasteiger partial charge in [0.2, 0.25) is 0 Å². The molecular formula is C11H16O. The average molecular weight is 164 g/mol. The molecule has 66 valence electrons. The van der Waals surface area contributed by atoms with Crippen LogP contribution in [0.25, 0.3) is 0 Å². The Morgan fingerprint density at radius 2 is 2.00 bits per heavy atom. The minimum Gasteiger partial charge on any atom is -0.392 e.